The van der Waals surface area contributed by atoms with Gasteiger partial charge in [-0.25, -0.2) is 18.4 Å². The molecule has 1 aromatic carbocycles. The van der Waals surface area contributed by atoms with E-state index in [2.05, 4.69) is 0 Å². The lowest BCUT2D eigenvalue weighted by Crippen LogP contribution is -2.29. The van der Waals surface area contributed by atoms with E-state index >= 15 is 0 Å². The maximum atomic E-state index is 12.2. The predicted octanol–water partition coefficient (Wildman–Crippen LogP) is 0.423. The first-order valence-electron chi connectivity index (χ1n) is 6.71. The van der Waals surface area contributed by atoms with Crippen molar-refractivity contribution in [2.45, 2.75) is 13.3 Å². The molecule has 0 aliphatic carbocycles. The van der Waals surface area contributed by atoms with Crippen molar-refractivity contribution in [3.05, 3.63) is 29.3 Å². The molecule has 0 saturated carbocycles. The summed E-state index contributed by atoms with van der Waals surface area (Å²) in [6.45, 7) is 1.99. The van der Waals surface area contributed by atoms with E-state index in [4.69, 9.17) is 9.88 Å². The summed E-state index contributed by atoms with van der Waals surface area (Å²) < 4.78 is 27.1. The Balaban J connectivity index is 2.36. The second-order valence-corrected chi connectivity index (χ2v) is 7.03. The minimum Gasteiger partial charge on any atom is -0.465 e. The maximum absolute atomic E-state index is 12.2. The van der Waals surface area contributed by atoms with Crippen LogP contribution in [0.4, 0.5) is 5.69 Å². The van der Waals surface area contributed by atoms with Crippen molar-refractivity contribution in [1.82, 2.24) is 0 Å². The van der Waals surface area contributed by atoms with Crippen LogP contribution in [0.3, 0.4) is 0 Å². The molecule has 120 valence electrons. The fourth-order valence-corrected chi connectivity index (χ4v) is 3.61. The molecule has 2 N–H and O–H groups in total. The first-order valence-corrected chi connectivity index (χ1v) is 8.43. The number of nitrogens with zero attached hydrogens (tertiary/aromatic N) is 1. The fraction of sp³-hybridized carbons (Fsp3) is 0.429. The molecule has 22 heavy (non-hydrogen) atoms. The topological polar surface area (TPSA) is 107 Å². The third-order valence-electron chi connectivity index (χ3n) is 3.59. The molecule has 8 heteroatoms. The standard InChI is InChI=1S/C14H18N2O5S/c1-9-4-3-5-11(14(18)21-2)13(9)16-7-10(6-12(16)17)8-22(15,19)20/h3-5,10H,6-8H2,1-2H3,(H2,15,19,20). The Morgan fingerprint density at radius 2 is 2.14 bits per heavy atom. The molecule has 1 unspecified atom stereocenters. The highest BCUT2D eigenvalue weighted by molar-refractivity contribution is 7.89. The number of carbonyl (C=O) groups excluding carboxylic acids is 2. The summed E-state index contributed by atoms with van der Waals surface area (Å²) in [6.07, 6.45) is 0.0887. The minimum absolute atomic E-state index is 0.0887. The zero-order valence-electron chi connectivity index (χ0n) is 12.4. The number of carbonyl (C=O) groups is 2. The van der Waals surface area contributed by atoms with E-state index in [1.807, 2.05) is 0 Å². The molecule has 1 amide bonds. The molecule has 0 radical (unpaired) electrons. The molecule has 1 fully saturated rings. The summed E-state index contributed by atoms with van der Waals surface area (Å²) in [6, 6.07) is 5.06. The molecule has 0 spiro atoms. The molecule has 1 aromatic rings. The summed E-state index contributed by atoms with van der Waals surface area (Å²) in [7, 11) is -2.38. The third-order valence-corrected chi connectivity index (χ3v) is 4.52. The number of methoxy groups -OCH3 is 1. The Kier molecular flexibility index (Phi) is 4.52. The van der Waals surface area contributed by atoms with Crippen LogP contribution < -0.4 is 10.0 Å². The van der Waals surface area contributed by atoms with Gasteiger partial charge < -0.3 is 9.64 Å². The summed E-state index contributed by atoms with van der Waals surface area (Å²) in [5.41, 5.74) is 1.50. The van der Waals surface area contributed by atoms with Gasteiger partial charge in [0.1, 0.15) is 0 Å². The first-order chi connectivity index (χ1) is 10.2. The number of esters is 1. The number of hydrogen-bond acceptors (Lipinski definition) is 5. The van der Waals surface area contributed by atoms with Crippen molar-refractivity contribution in [1.29, 1.82) is 0 Å². The highest BCUT2D eigenvalue weighted by Crippen LogP contribution is 2.32. The van der Waals surface area contributed by atoms with Crippen molar-refractivity contribution >= 4 is 27.6 Å². The van der Waals surface area contributed by atoms with Crippen LogP contribution in [-0.2, 0) is 19.6 Å². The number of para-hydroxylation sites is 1. The van der Waals surface area contributed by atoms with Gasteiger partial charge in [0, 0.05) is 18.9 Å². The van der Waals surface area contributed by atoms with Crippen LogP contribution >= 0.6 is 0 Å². The second kappa shape index (κ2) is 6.05. The lowest BCUT2D eigenvalue weighted by molar-refractivity contribution is -0.117. The highest BCUT2D eigenvalue weighted by Gasteiger charge is 2.35. The third kappa shape index (κ3) is 3.45. The lowest BCUT2D eigenvalue weighted by Gasteiger charge is -2.21. The van der Waals surface area contributed by atoms with Gasteiger partial charge in [-0.1, -0.05) is 12.1 Å². The maximum Gasteiger partial charge on any atom is 0.339 e. The van der Waals surface area contributed by atoms with Gasteiger partial charge in [0.05, 0.1) is 24.1 Å². The summed E-state index contributed by atoms with van der Waals surface area (Å²) in [4.78, 5) is 25.6. The Bertz CT molecular complexity index is 714. The summed E-state index contributed by atoms with van der Waals surface area (Å²) in [5, 5.41) is 5.04. The molecule has 2 rings (SSSR count). The smallest absolute Gasteiger partial charge is 0.339 e. The number of amides is 1. The van der Waals surface area contributed by atoms with Crippen LogP contribution in [0.25, 0.3) is 0 Å². The molecule has 1 heterocycles. The molecular weight excluding hydrogens is 308 g/mol. The number of primary sulfonamides is 1. The number of ether oxygens (including phenoxy) is 1. The van der Waals surface area contributed by atoms with Crippen molar-refractivity contribution in [3.63, 3.8) is 0 Å². The zero-order valence-corrected chi connectivity index (χ0v) is 13.2. The molecule has 7 nitrogen and oxygen atoms in total. The van der Waals surface area contributed by atoms with E-state index in [1.165, 1.54) is 12.0 Å². The molecule has 1 atom stereocenters. The molecule has 1 aliphatic heterocycles. The zero-order chi connectivity index (χ0) is 16.5. The predicted molar refractivity (Wildman–Crippen MR) is 81.0 cm³/mol. The fourth-order valence-electron chi connectivity index (χ4n) is 2.73. The number of benzene rings is 1. The SMILES string of the molecule is COC(=O)c1cccc(C)c1N1CC(CS(N)(=O)=O)CC1=O. The van der Waals surface area contributed by atoms with Crippen molar-refractivity contribution in [2.75, 3.05) is 24.3 Å². The van der Waals surface area contributed by atoms with Gasteiger partial charge in [-0.05, 0) is 18.6 Å². The van der Waals surface area contributed by atoms with Crippen molar-refractivity contribution in [2.24, 2.45) is 11.1 Å². The quantitative estimate of drug-likeness (QED) is 0.807. The van der Waals surface area contributed by atoms with Crippen molar-refractivity contribution < 1.29 is 22.7 Å². The second-order valence-electron chi connectivity index (χ2n) is 5.37. The van der Waals surface area contributed by atoms with Crippen LogP contribution in [0.2, 0.25) is 0 Å². The Morgan fingerprint density at radius 3 is 2.73 bits per heavy atom. The van der Waals surface area contributed by atoms with E-state index in [9.17, 15) is 18.0 Å². The normalized spacial score (nSPS) is 18.6. The van der Waals surface area contributed by atoms with E-state index < -0.39 is 16.0 Å². The number of sulfonamides is 1. The van der Waals surface area contributed by atoms with Gasteiger partial charge >= 0.3 is 5.97 Å². The van der Waals surface area contributed by atoms with E-state index in [-0.39, 0.29) is 36.1 Å². The van der Waals surface area contributed by atoms with Gasteiger partial charge in [-0.3, -0.25) is 4.79 Å². The van der Waals surface area contributed by atoms with Crippen molar-refractivity contribution in [3.8, 4) is 0 Å². The Labute approximate surface area is 129 Å². The van der Waals surface area contributed by atoms with Gasteiger partial charge in [-0.15, -0.1) is 0 Å². The molecule has 0 bridgehead atoms. The number of nitrogens with two attached hydrogens (primary N) is 1. The molecule has 0 aromatic heterocycles. The lowest BCUT2D eigenvalue weighted by atomic mass is 10.1. The van der Waals surface area contributed by atoms with Gasteiger partial charge in [-0.2, -0.15) is 0 Å². The number of rotatable bonds is 4. The van der Waals surface area contributed by atoms with Gasteiger partial charge in [0.15, 0.2) is 0 Å². The van der Waals surface area contributed by atoms with Crippen LogP contribution in [0, 0.1) is 12.8 Å². The molecule has 1 saturated heterocycles. The largest absolute Gasteiger partial charge is 0.465 e. The van der Waals surface area contributed by atoms with E-state index in [0.717, 1.165) is 5.56 Å². The number of hydrogen-bond donors (Lipinski definition) is 1. The highest BCUT2D eigenvalue weighted by atomic mass is 32.2. The van der Waals surface area contributed by atoms with Crippen LogP contribution in [0.1, 0.15) is 22.3 Å². The van der Waals surface area contributed by atoms with Crippen LogP contribution in [0.5, 0.6) is 0 Å². The van der Waals surface area contributed by atoms with Gasteiger partial charge in [0.2, 0.25) is 15.9 Å². The first kappa shape index (κ1) is 16.4. The van der Waals surface area contributed by atoms with Crippen LogP contribution in [0.15, 0.2) is 18.2 Å². The minimum atomic E-state index is -3.65. The van der Waals surface area contributed by atoms with Crippen LogP contribution in [-0.4, -0.2) is 39.7 Å². The summed E-state index contributed by atoms with van der Waals surface area (Å²) >= 11 is 0. The molecular formula is C14H18N2O5S. The average molecular weight is 326 g/mol. The van der Waals surface area contributed by atoms with E-state index in [0.29, 0.717) is 5.69 Å². The number of aryl methyl sites for hydroxylation is 1. The average Bonchev–Trinajstić information content (AvgIpc) is 2.75. The van der Waals surface area contributed by atoms with Gasteiger partial charge in [0.25, 0.3) is 0 Å². The van der Waals surface area contributed by atoms with E-state index in [1.54, 1.807) is 25.1 Å². The molecule has 1 aliphatic rings. The number of anilines is 1. The Morgan fingerprint density at radius 1 is 1.45 bits per heavy atom. The summed E-state index contributed by atoms with van der Waals surface area (Å²) in [5.74, 6) is -1.41. The Hall–Kier alpha value is -1.93. The monoisotopic (exact) mass is 326 g/mol.